The molecule has 1 saturated heterocycles. The number of nitrogens with zero attached hydrogens (tertiary/aromatic N) is 6. The SMILES string of the molecule is COC(=O)C[C@@H]1N=C(c2ccc(-c3ccc(F)c(C(=O)N[C@H](C(=O)N4C[C@H](O)C[C@H]4C(=O)N[C@@H](C)c4ccc(-c5scnc5C)cc4)C(C)(C)C)c3)cc2)c2c(sc(C)c2C)-n2c(C)nnc21. The fourth-order valence-electron chi connectivity index (χ4n) is 8.69. The molecule has 5 atom stereocenters. The van der Waals surface area contributed by atoms with Gasteiger partial charge >= 0.3 is 5.97 Å². The van der Waals surface area contributed by atoms with Crippen molar-refractivity contribution >= 4 is 52.1 Å². The third-order valence-corrected chi connectivity index (χ3v) is 14.7. The van der Waals surface area contributed by atoms with Crippen molar-refractivity contribution in [2.24, 2.45) is 10.4 Å². The lowest BCUT2D eigenvalue weighted by molar-refractivity contribution is -0.142. The number of hydrogen-bond donors (Lipinski definition) is 3. The van der Waals surface area contributed by atoms with Gasteiger partial charge in [-0.3, -0.25) is 28.7 Å². The molecule has 0 spiro atoms. The van der Waals surface area contributed by atoms with Crippen LogP contribution in [-0.2, 0) is 19.1 Å². The topological polar surface area (TPSA) is 181 Å². The molecular weight excluding hydrogens is 892 g/mol. The Morgan fingerprint density at radius 1 is 0.925 bits per heavy atom. The van der Waals surface area contributed by atoms with Crippen LogP contribution >= 0.6 is 22.7 Å². The number of likely N-dealkylation sites (tertiary alicyclic amines) is 1. The minimum absolute atomic E-state index is 0.0193. The maximum Gasteiger partial charge on any atom is 0.308 e. The highest BCUT2D eigenvalue weighted by atomic mass is 32.1. The molecule has 0 bridgehead atoms. The standard InChI is InChI=1S/C50H53FN8O6S2/c1-25-28(4)67-49-41(25)42(54-38(22-40(61)65-9)45-57-56-29(5)59(45)49)32-14-12-31(13-15-32)34-18-19-37(51)36(20-34)46(62)55-44(50(6,7)8)48(64)58-23-35(60)21-39(58)47(63)53-26(2)30-10-16-33(17-11-30)43-27(3)52-24-66-43/h10-20,24,26,35,38-39,44,60H,21-23H2,1-9H3,(H,53,63)(H,55,62)/t26-,35+,38-,39-,44+/m0/s1. The van der Waals surface area contributed by atoms with Gasteiger partial charge in [0.1, 0.15) is 34.8 Å². The lowest BCUT2D eigenvalue weighted by Gasteiger charge is -2.35. The second kappa shape index (κ2) is 18.7. The van der Waals surface area contributed by atoms with Gasteiger partial charge in [0, 0.05) is 29.0 Å². The van der Waals surface area contributed by atoms with E-state index in [2.05, 4.69) is 25.8 Å². The predicted octanol–water partition coefficient (Wildman–Crippen LogP) is 7.93. The molecule has 67 heavy (non-hydrogen) atoms. The highest BCUT2D eigenvalue weighted by molar-refractivity contribution is 7.15. The summed E-state index contributed by atoms with van der Waals surface area (Å²) < 4.78 is 22.6. The number of rotatable bonds is 11. The monoisotopic (exact) mass is 944 g/mol. The minimum Gasteiger partial charge on any atom is -0.469 e. The Bertz CT molecular complexity index is 2920. The number of aliphatic hydroxyl groups is 1. The lowest BCUT2D eigenvalue weighted by Crippen LogP contribution is -2.58. The summed E-state index contributed by atoms with van der Waals surface area (Å²) >= 11 is 3.15. The summed E-state index contributed by atoms with van der Waals surface area (Å²) in [5, 5.41) is 26.2. The third kappa shape index (κ3) is 9.32. The largest absolute Gasteiger partial charge is 0.469 e. The number of ether oxygens (including phenoxy) is 1. The number of carbonyl (C=O) groups is 4. The molecule has 17 heteroatoms. The maximum absolute atomic E-state index is 15.7. The van der Waals surface area contributed by atoms with Crippen molar-refractivity contribution in [2.75, 3.05) is 13.7 Å². The molecule has 348 valence electrons. The van der Waals surface area contributed by atoms with E-state index in [4.69, 9.17) is 9.73 Å². The van der Waals surface area contributed by atoms with Crippen molar-refractivity contribution in [1.29, 1.82) is 0 Å². The van der Waals surface area contributed by atoms with E-state index >= 15 is 4.39 Å². The molecule has 3 aromatic heterocycles. The predicted molar refractivity (Wildman–Crippen MR) is 256 cm³/mol. The van der Waals surface area contributed by atoms with Crippen LogP contribution in [0.1, 0.15) is 107 Å². The van der Waals surface area contributed by atoms with Gasteiger partial charge in [0.25, 0.3) is 5.91 Å². The first-order chi connectivity index (χ1) is 31.8. The Kier molecular flexibility index (Phi) is 13.1. The van der Waals surface area contributed by atoms with Gasteiger partial charge in [-0.1, -0.05) is 75.4 Å². The molecule has 2 aliphatic rings. The number of fused-ring (bicyclic) bond motifs is 3. The van der Waals surface area contributed by atoms with Crippen LogP contribution < -0.4 is 10.6 Å². The van der Waals surface area contributed by atoms with Gasteiger partial charge in [-0.25, -0.2) is 9.37 Å². The Morgan fingerprint density at radius 3 is 2.25 bits per heavy atom. The van der Waals surface area contributed by atoms with E-state index in [0.717, 1.165) is 48.3 Å². The van der Waals surface area contributed by atoms with Gasteiger partial charge < -0.3 is 25.4 Å². The number of hydrogen-bond acceptors (Lipinski definition) is 12. The lowest BCUT2D eigenvalue weighted by atomic mass is 9.85. The van der Waals surface area contributed by atoms with E-state index in [9.17, 15) is 24.3 Å². The van der Waals surface area contributed by atoms with E-state index < -0.39 is 65.2 Å². The van der Waals surface area contributed by atoms with Gasteiger partial charge in [0.15, 0.2) is 5.82 Å². The number of benzene rings is 3. The first-order valence-corrected chi connectivity index (χ1v) is 23.7. The number of aryl methyl sites for hydroxylation is 3. The van der Waals surface area contributed by atoms with Crippen LogP contribution in [0.15, 0.2) is 77.2 Å². The summed E-state index contributed by atoms with van der Waals surface area (Å²) in [6.45, 7) is 15.0. The summed E-state index contributed by atoms with van der Waals surface area (Å²) in [5.41, 5.74) is 8.11. The van der Waals surface area contributed by atoms with E-state index in [1.165, 1.54) is 24.1 Å². The van der Waals surface area contributed by atoms with Crippen molar-refractivity contribution in [1.82, 2.24) is 35.3 Å². The zero-order valence-electron chi connectivity index (χ0n) is 38.8. The minimum atomic E-state index is -1.18. The molecule has 14 nitrogen and oxygen atoms in total. The Hall–Kier alpha value is -6.43. The van der Waals surface area contributed by atoms with Crippen molar-refractivity contribution in [2.45, 2.75) is 98.5 Å². The summed E-state index contributed by atoms with van der Waals surface area (Å²) in [6.07, 6.45) is -0.979. The van der Waals surface area contributed by atoms with E-state index in [1.54, 1.807) is 55.0 Å². The molecule has 0 radical (unpaired) electrons. The Labute approximate surface area is 396 Å². The summed E-state index contributed by atoms with van der Waals surface area (Å²) in [6, 6.07) is 16.3. The van der Waals surface area contributed by atoms with Gasteiger partial charge in [0.2, 0.25) is 11.8 Å². The zero-order chi connectivity index (χ0) is 48.1. The number of β-amino-alcohol motifs (C(OH)–C–C–N with tert-alkyl or cyclic N) is 1. The molecule has 5 heterocycles. The van der Waals surface area contributed by atoms with Crippen molar-refractivity contribution in [3.63, 3.8) is 0 Å². The number of aliphatic imine (C=N–C) groups is 1. The molecule has 0 aliphatic carbocycles. The highest BCUT2D eigenvalue weighted by Crippen LogP contribution is 2.40. The number of esters is 1. The molecule has 3 N–H and O–H groups in total. The maximum atomic E-state index is 15.7. The summed E-state index contributed by atoms with van der Waals surface area (Å²) in [5.74, 6) is -1.81. The summed E-state index contributed by atoms with van der Waals surface area (Å²) in [4.78, 5) is 67.9. The van der Waals surface area contributed by atoms with E-state index in [0.29, 0.717) is 28.5 Å². The number of carbonyl (C=O) groups excluding carboxylic acids is 4. The van der Waals surface area contributed by atoms with Crippen LogP contribution in [0.5, 0.6) is 0 Å². The third-order valence-electron chi connectivity index (χ3n) is 12.6. The quantitative estimate of drug-likeness (QED) is 0.109. The molecule has 3 aromatic carbocycles. The normalized spacial score (nSPS) is 17.7. The fraction of sp³-hybridized carbons (Fsp3) is 0.360. The average Bonchev–Trinajstić information content (AvgIpc) is 4.07. The van der Waals surface area contributed by atoms with E-state index in [1.807, 2.05) is 87.7 Å². The van der Waals surface area contributed by atoms with Crippen LogP contribution in [0.3, 0.4) is 0 Å². The van der Waals surface area contributed by atoms with Gasteiger partial charge in [-0.2, -0.15) is 0 Å². The Balaban J connectivity index is 1.01. The second-order valence-electron chi connectivity index (χ2n) is 18.2. The van der Waals surface area contributed by atoms with Crippen molar-refractivity contribution in [3.8, 4) is 26.6 Å². The van der Waals surface area contributed by atoms with Gasteiger partial charge in [-0.05, 0) is 80.0 Å². The number of nitrogens with one attached hydrogen (secondary N) is 2. The van der Waals surface area contributed by atoms with Crippen LogP contribution in [0.4, 0.5) is 4.39 Å². The number of amides is 3. The first kappa shape index (κ1) is 47.1. The average molecular weight is 945 g/mol. The van der Waals surface area contributed by atoms with Crippen LogP contribution in [0.2, 0.25) is 0 Å². The van der Waals surface area contributed by atoms with E-state index in [-0.39, 0.29) is 24.9 Å². The van der Waals surface area contributed by atoms with Crippen molar-refractivity contribution in [3.05, 3.63) is 128 Å². The van der Waals surface area contributed by atoms with Crippen LogP contribution in [-0.4, -0.2) is 91.0 Å². The molecular formula is C50H53FN8O6S2. The molecule has 0 saturated carbocycles. The molecule has 3 amide bonds. The van der Waals surface area contributed by atoms with Crippen LogP contribution in [0, 0.1) is 38.9 Å². The van der Waals surface area contributed by atoms with Crippen LogP contribution in [0.25, 0.3) is 26.6 Å². The number of aromatic nitrogens is 4. The molecule has 6 aromatic rings. The zero-order valence-corrected chi connectivity index (χ0v) is 40.4. The number of aliphatic hydroxyl groups excluding tert-OH is 1. The molecule has 8 rings (SSSR count). The second-order valence-corrected chi connectivity index (χ2v) is 20.3. The van der Waals surface area contributed by atoms with Crippen molar-refractivity contribution < 1.29 is 33.4 Å². The van der Waals surface area contributed by atoms with Gasteiger partial charge in [0.05, 0.1) is 53.0 Å². The number of thiophene rings is 1. The Morgan fingerprint density at radius 2 is 1.60 bits per heavy atom. The first-order valence-electron chi connectivity index (χ1n) is 22.0. The number of halogens is 1. The molecule has 2 aliphatic heterocycles. The fourth-order valence-corrected chi connectivity index (χ4v) is 10.7. The highest BCUT2D eigenvalue weighted by Gasteiger charge is 2.45. The smallest absolute Gasteiger partial charge is 0.308 e. The molecule has 0 unspecified atom stereocenters. The number of thiazole rings is 1. The summed E-state index contributed by atoms with van der Waals surface area (Å²) in [7, 11) is 1.34. The van der Waals surface area contributed by atoms with Gasteiger partial charge in [-0.15, -0.1) is 32.9 Å². The molecule has 1 fully saturated rings. The number of methoxy groups -OCH3 is 1.